The molecule has 1 heterocycles. The predicted molar refractivity (Wildman–Crippen MR) is 88.3 cm³/mol. The highest BCUT2D eigenvalue weighted by molar-refractivity contribution is 5.60. The molecule has 0 atom stereocenters. The normalized spacial score (nSPS) is 10.4. The highest BCUT2D eigenvalue weighted by atomic mass is 16.5. The molecule has 0 aliphatic heterocycles. The summed E-state index contributed by atoms with van der Waals surface area (Å²) in [6, 6.07) is 22.1. The van der Waals surface area contributed by atoms with Crippen molar-refractivity contribution in [1.29, 1.82) is 0 Å². The molecule has 110 valence electrons. The van der Waals surface area contributed by atoms with Crippen LogP contribution in [0.2, 0.25) is 0 Å². The zero-order valence-electron chi connectivity index (χ0n) is 12.3. The highest BCUT2D eigenvalue weighted by Crippen LogP contribution is 2.21. The Morgan fingerprint density at radius 3 is 2.23 bits per heavy atom. The van der Waals surface area contributed by atoms with Gasteiger partial charge in [0.25, 0.3) is 0 Å². The summed E-state index contributed by atoms with van der Waals surface area (Å²) >= 11 is 0. The number of ether oxygens (including phenoxy) is 1. The van der Waals surface area contributed by atoms with Gasteiger partial charge in [-0.25, -0.2) is 0 Å². The first-order chi connectivity index (χ1) is 10.8. The average molecular weight is 290 g/mol. The van der Waals surface area contributed by atoms with Crippen LogP contribution in [-0.4, -0.2) is 4.98 Å². The molecule has 0 saturated heterocycles. The lowest BCUT2D eigenvalue weighted by molar-refractivity contribution is 0.306. The molecule has 0 bridgehead atoms. The average Bonchev–Trinajstić information content (AvgIpc) is 2.61. The third-order valence-electron chi connectivity index (χ3n) is 3.46. The molecule has 3 aromatic rings. The van der Waals surface area contributed by atoms with E-state index in [0.29, 0.717) is 13.2 Å². The van der Waals surface area contributed by atoms with Gasteiger partial charge in [-0.3, -0.25) is 4.98 Å². The van der Waals surface area contributed by atoms with E-state index in [4.69, 9.17) is 10.5 Å². The molecule has 22 heavy (non-hydrogen) atoms. The fourth-order valence-corrected chi connectivity index (χ4v) is 2.18. The molecule has 0 unspecified atom stereocenters. The van der Waals surface area contributed by atoms with Crippen molar-refractivity contribution < 1.29 is 4.74 Å². The molecule has 0 spiro atoms. The maximum absolute atomic E-state index is 5.78. The van der Waals surface area contributed by atoms with Gasteiger partial charge in [0.15, 0.2) is 0 Å². The predicted octanol–water partition coefficient (Wildman–Crippen LogP) is 3.79. The van der Waals surface area contributed by atoms with Gasteiger partial charge in [0, 0.05) is 18.3 Å². The number of hydrogen-bond acceptors (Lipinski definition) is 3. The summed E-state index contributed by atoms with van der Waals surface area (Å²) in [7, 11) is 0. The summed E-state index contributed by atoms with van der Waals surface area (Å²) in [4.78, 5) is 4.42. The molecule has 3 heteroatoms. The lowest BCUT2D eigenvalue weighted by Crippen LogP contribution is -1.97. The van der Waals surface area contributed by atoms with Gasteiger partial charge in [0.05, 0.1) is 5.69 Å². The van der Waals surface area contributed by atoms with Gasteiger partial charge in [0.1, 0.15) is 12.4 Å². The van der Waals surface area contributed by atoms with Gasteiger partial charge in [-0.05, 0) is 41.5 Å². The quantitative estimate of drug-likeness (QED) is 0.777. The van der Waals surface area contributed by atoms with Gasteiger partial charge < -0.3 is 10.5 Å². The summed E-state index contributed by atoms with van der Waals surface area (Å²) in [6.45, 7) is 1.09. The molecule has 3 nitrogen and oxygen atoms in total. The standard InChI is InChI=1S/C19H18N2O/c20-12-16-6-11-19(21-13-16)17-7-9-18(10-8-17)22-14-15-4-2-1-3-5-15/h1-11,13H,12,14,20H2. The first-order valence-corrected chi connectivity index (χ1v) is 7.27. The zero-order valence-corrected chi connectivity index (χ0v) is 12.3. The van der Waals surface area contributed by atoms with Gasteiger partial charge >= 0.3 is 0 Å². The Bertz CT molecular complexity index is 707. The summed E-state index contributed by atoms with van der Waals surface area (Å²) < 4.78 is 5.78. The van der Waals surface area contributed by atoms with Crippen molar-refractivity contribution in [2.45, 2.75) is 13.2 Å². The van der Waals surface area contributed by atoms with Gasteiger partial charge in [-0.1, -0.05) is 36.4 Å². The molecule has 2 aromatic carbocycles. The van der Waals surface area contributed by atoms with Crippen LogP contribution in [0.25, 0.3) is 11.3 Å². The Kier molecular flexibility index (Phi) is 4.47. The SMILES string of the molecule is NCc1ccc(-c2ccc(OCc3ccccc3)cc2)nc1. The fraction of sp³-hybridized carbons (Fsp3) is 0.105. The minimum absolute atomic E-state index is 0.513. The largest absolute Gasteiger partial charge is 0.489 e. The Labute approximate surface area is 130 Å². The zero-order chi connectivity index (χ0) is 15.2. The second-order valence-corrected chi connectivity index (χ2v) is 5.05. The van der Waals surface area contributed by atoms with Crippen molar-refractivity contribution in [3.8, 4) is 17.0 Å². The van der Waals surface area contributed by atoms with Gasteiger partial charge in [0.2, 0.25) is 0 Å². The van der Waals surface area contributed by atoms with Crippen LogP contribution in [0, 0.1) is 0 Å². The maximum Gasteiger partial charge on any atom is 0.119 e. The number of aromatic nitrogens is 1. The van der Waals surface area contributed by atoms with Crippen LogP contribution in [-0.2, 0) is 13.2 Å². The number of hydrogen-bond donors (Lipinski definition) is 1. The topological polar surface area (TPSA) is 48.1 Å². The van der Waals surface area contributed by atoms with E-state index >= 15 is 0 Å². The summed E-state index contributed by atoms with van der Waals surface area (Å²) in [6.07, 6.45) is 1.81. The molecule has 0 fully saturated rings. The van der Waals surface area contributed by atoms with Crippen molar-refractivity contribution in [2.24, 2.45) is 5.73 Å². The van der Waals surface area contributed by atoms with Crippen LogP contribution < -0.4 is 10.5 Å². The van der Waals surface area contributed by atoms with Crippen LogP contribution in [0.15, 0.2) is 72.9 Å². The molecule has 0 aliphatic rings. The van der Waals surface area contributed by atoms with E-state index in [1.807, 2.05) is 60.8 Å². The fourth-order valence-electron chi connectivity index (χ4n) is 2.18. The number of nitrogens with two attached hydrogens (primary N) is 1. The second kappa shape index (κ2) is 6.87. The summed E-state index contributed by atoms with van der Waals surface area (Å²) in [5, 5.41) is 0. The molecule has 0 aliphatic carbocycles. The van der Waals surface area contributed by atoms with E-state index in [1.54, 1.807) is 0 Å². The monoisotopic (exact) mass is 290 g/mol. The summed E-state index contributed by atoms with van der Waals surface area (Å²) in [5.74, 6) is 0.853. The molecular formula is C19H18N2O. The lowest BCUT2D eigenvalue weighted by atomic mass is 10.1. The van der Waals surface area contributed by atoms with Crippen molar-refractivity contribution in [3.05, 3.63) is 84.1 Å². The smallest absolute Gasteiger partial charge is 0.119 e. The van der Waals surface area contributed by atoms with E-state index < -0.39 is 0 Å². The highest BCUT2D eigenvalue weighted by Gasteiger charge is 2.01. The Balaban J connectivity index is 1.67. The number of benzene rings is 2. The first kappa shape index (κ1) is 14.3. The van der Waals surface area contributed by atoms with Crippen LogP contribution in [0.4, 0.5) is 0 Å². The van der Waals surface area contributed by atoms with Crippen LogP contribution in [0.5, 0.6) is 5.75 Å². The maximum atomic E-state index is 5.78. The molecule has 1 aromatic heterocycles. The molecule has 0 saturated carbocycles. The Morgan fingerprint density at radius 2 is 1.59 bits per heavy atom. The minimum Gasteiger partial charge on any atom is -0.489 e. The summed E-state index contributed by atoms with van der Waals surface area (Å²) in [5.41, 5.74) is 9.78. The van der Waals surface area contributed by atoms with Crippen LogP contribution in [0.3, 0.4) is 0 Å². The van der Waals surface area contributed by atoms with Crippen LogP contribution in [0.1, 0.15) is 11.1 Å². The Morgan fingerprint density at radius 1 is 0.818 bits per heavy atom. The number of rotatable bonds is 5. The number of pyridine rings is 1. The van der Waals surface area contributed by atoms with E-state index in [2.05, 4.69) is 17.1 Å². The van der Waals surface area contributed by atoms with Gasteiger partial charge in [-0.2, -0.15) is 0 Å². The van der Waals surface area contributed by atoms with E-state index in [0.717, 1.165) is 28.1 Å². The van der Waals surface area contributed by atoms with Gasteiger partial charge in [-0.15, -0.1) is 0 Å². The van der Waals surface area contributed by atoms with E-state index in [1.165, 1.54) is 0 Å². The van der Waals surface area contributed by atoms with E-state index in [9.17, 15) is 0 Å². The molecular weight excluding hydrogens is 272 g/mol. The third-order valence-corrected chi connectivity index (χ3v) is 3.46. The van der Waals surface area contributed by atoms with Crippen molar-refractivity contribution >= 4 is 0 Å². The second-order valence-electron chi connectivity index (χ2n) is 5.05. The molecule has 0 radical (unpaired) electrons. The van der Waals surface area contributed by atoms with Crippen molar-refractivity contribution in [1.82, 2.24) is 4.98 Å². The minimum atomic E-state index is 0.513. The molecule has 2 N–H and O–H groups in total. The Hall–Kier alpha value is -2.65. The number of nitrogens with zero attached hydrogens (tertiary/aromatic N) is 1. The first-order valence-electron chi connectivity index (χ1n) is 7.27. The molecule has 3 rings (SSSR count). The lowest BCUT2D eigenvalue weighted by Gasteiger charge is -2.07. The third kappa shape index (κ3) is 3.51. The van der Waals surface area contributed by atoms with E-state index in [-0.39, 0.29) is 0 Å². The van der Waals surface area contributed by atoms with Crippen molar-refractivity contribution in [3.63, 3.8) is 0 Å². The van der Waals surface area contributed by atoms with Crippen molar-refractivity contribution in [2.75, 3.05) is 0 Å². The van der Waals surface area contributed by atoms with Crippen LogP contribution >= 0.6 is 0 Å². The molecule has 0 amide bonds.